The second-order valence-electron chi connectivity index (χ2n) is 5.20. The van der Waals surface area contributed by atoms with Crippen LogP contribution in [0.15, 0.2) is 0 Å². The largest absolute Gasteiger partial charge is 0.387 e. The zero-order valence-electron chi connectivity index (χ0n) is 10.8. The predicted octanol–water partition coefficient (Wildman–Crippen LogP) is 0.230. The summed E-state index contributed by atoms with van der Waals surface area (Å²) < 4.78 is 0. The van der Waals surface area contributed by atoms with Gasteiger partial charge in [-0.25, -0.2) is 0 Å². The summed E-state index contributed by atoms with van der Waals surface area (Å²) in [6.07, 6.45) is 5.63. The van der Waals surface area contributed by atoms with Crippen LogP contribution in [0.2, 0.25) is 0 Å². The number of hydrogen-bond donors (Lipinski definition) is 1. The summed E-state index contributed by atoms with van der Waals surface area (Å²) in [7, 11) is 0. The highest BCUT2D eigenvalue weighted by Crippen LogP contribution is 2.25. The fraction of sp³-hybridized carbons (Fsp3) is 0.846. The Morgan fingerprint density at radius 2 is 1.50 bits per heavy atom. The summed E-state index contributed by atoms with van der Waals surface area (Å²) >= 11 is 0. The Hall–Kier alpha value is -1.10. The summed E-state index contributed by atoms with van der Waals surface area (Å²) in [5, 5.41) is 8.79. The molecule has 2 fully saturated rings. The van der Waals surface area contributed by atoms with Crippen molar-refractivity contribution >= 4 is 11.8 Å². The number of hydrogen-bond acceptors (Lipinski definition) is 3. The van der Waals surface area contributed by atoms with Crippen LogP contribution in [0.1, 0.15) is 32.1 Å². The van der Waals surface area contributed by atoms with E-state index in [2.05, 4.69) is 0 Å². The molecule has 2 amide bonds. The van der Waals surface area contributed by atoms with Crippen molar-refractivity contribution in [1.29, 1.82) is 0 Å². The van der Waals surface area contributed by atoms with E-state index in [1.165, 1.54) is 19.3 Å². The average Bonchev–Trinajstić information content (AvgIpc) is 2.47. The number of nitrogens with zero attached hydrogens (tertiary/aromatic N) is 2. The van der Waals surface area contributed by atoms with E-state index in [0.29, 0.717) is 26.2 Å². The molecular formula is C13H22N2O3. The van der Waals surface area contributed by atoms with E-state index < -0.39 is 6.61 Å². The first-order chi connectivity index (χ1) is 8.72. The third-order valence-corrected chi connectivity index (χ3v) is 4.03. The zero-order chi connectivity index (χ0) is 13.0. The highest BCUT2D eigenvalue weighted by molar-refractivity contribution is 5.80. The average molecular weight is 254 g/mol. The predicted molar refractivity (Wildman–Crippen MR) is 66.8 cm³/mol. The SMILES string of the molecule is O=C(CO)N1CCN(C(=O)C2CCCCC2)CC1. The van der Waals surface area contributed by atoms with E-state index in [-0.39, 0.29) is 17.7 Å². The van der Waals surface area contributed by atoms with Crippen molar-refractivity contribution in [3.63, 3.8) is 0 Å². The lowest BCUT2D eigenvalue weighted by molar-refractivity contribution is -0.144. The maximum Gasteiger partial charge on any atom is 0.248 e. The highest BCUT2D eigenvalue weighted by atomic mass is 16.3. The van der Waals surface area contributed by atoms with Gasteiger partial charge in [0.2, 0.25) is 11.8 Å². The molecule has 2 rings (SSSR count). The van der Waals surface area contributed by atoms with Crippen molar-refractivity contribution in [1.82, 2.24) is 9.80 Å². The third-order valence-electron chi connectivity index (χ3n) is 4.03. The van der Waals surface area contributed by atoms with Gasteiger partial charge in [0.25, 0.3) is 0 Å². The van der Waals surface area contributed by atoms with Crippen LogP contribution in [0.25, 0.3) is 0 Å². The molecule has 18 heavy (non-hydrogen) atoms. The molecule has 0 aromatic carbocycles. The van der Waals surface area contributed by atoms with Crippen molar-refractivity contribution in [3.05, 3.63) is 0 Å². The number of aliphatic hydroxyl groups excluding tert-OH is 1. The van der Waals surface area contributed by atoms with E-state index in [0.717, 1.165) is 12.8 Å². The fourth-order valence-corrected chi connectivity index (χ4v) is 2.88. The van der Waals surface area contributed by atoms with Crippen LogP contribution in [0.5, 0.6) is 0 Å². The van der Waals surface area contributed by atoms with E-state index >= 15 is 0 Å². The first-order valence-electron chi connectivity index (χ1n) is 6.90. The Labute approximate surface area is 108 Å². The smallest absolute Gasteiger partial charge is 0.248 e. The summed E-state index contributed by atoms with van der Waals surface area (Å²) in [6.45, 7) is 1.90. The second kappa shape index (κ2) is 6.18. The lowest BCUT2D eigenvalue weighted by atomic mass is 9.88. The van der Waals surface area contributed by atoms with Gasteiger partial charge >= 0.3 is 0 Å². The molecule has 1 saturated heterocycles. The number of rotatable bonds is 2. The molecule has 1 aliphatic heterocycles. The number of aliphatic hydroxyl groups is 1. The van der Waals surface area contributed by atoms with E-state index in [4.69, 9.17) is 5.11 Å². The van der Waals surface area contributed by atoms with Crippen molar-refractivity contribution in [2.45, 2.75) is 32.1 Å². The second-order valence-corrected chi connectivity index (χ2v) is 5.20. The summed E-state index contributed by atoms with van der Waals surface area (Å²) in [5.41, 5.74) is 0. The molecule has 0 radical (unpaired) electrons. The van der Waals surface area contributed by atoms with Crippen LogP contribution in [-0.2, 0) is 9.59 Å². The molecule has 0 unspecified atom stereocenters. The summed E-state index contributed by atoms with van der Waals surface area (Å²) in [5.74, 6) is 0.240. The third kappa shape index (κ3) is 3.02. The minimum absolute atomic E-state index is 0.207. The fourth-order valence-electron chi connectivity index (χ4n) is 2.88. The lowest BCUT2D eigenvalue weighted by Crippen LogP contribution is -2.52. The Kier molecular flexibility index (Phi) is 4.58. The molecule has 1 aliphatic carbocycles. The molecule has 0 spiro atoms. The first-order valence-corrected chi connectivity index (χ1v) is 6.90. The van der Waals surface area contributed by atoms with Gasteiger partial charge in [-0.3, -0.25) is 9.59 Å². The van der Waals surface area contributed by atoms with Crippen LogP contribution < -0.4 is 0 Å². The molecule has 0 bridgehead atoms. The van der Waals surface area contributed by atoms with Crippen molar-refractivity contribution in [2.75, 3.05) is 32.8 Å². The Morgan fingerprint density at radius 3 is 2.06 bits per heavy atom. The normalized spacial score (nSPS) is 22.1. The molecule has 102 valence electrons. The molecule has 0 aromatic rings. The first kappa shape index (κ1) is 13.3. The van der Waals surface area contributed by atoms with Gasteiger partial charge < -0.3 is 14.9 Å². The van der Waals surface area contributed by atoms with Crippen LogP contribution in [0, 0.1) is 5.92 Å². The van der Waals surface area contributed by atoms with Gasteiger partial charge in [0, 0.05) is 32.1 Å². The van der Waals surface area contributed by atoms with Gasteiger partial charge in [-0.1, -0.05) is 19.3 Å². The van der Waals surface area contributed by atoms with Crippen LogP contribution in [0.4, 0.5) is 0 Å². The van der Waals surface area contributed by atoms with Gasteiger partial charge in [0.05, 0.1) is 0 Å². The van der Waals surface area contributed by atoms with E-state index in [9.17, 15) is 9.59 Å². The number of carbonyl (C=O) groups excluding carboxylic acids is 2. The van der Waals surface area contributed by atoms with Gasteiger partial charge in [-0.05, 0) is 12.8 Å². The van der Waals surface area contributed by atoms with Gasteiger partial charge in [-0.2, -0.15) is 0 Å². The number of piperazine rings is 1. The van der Waals surface area contributed by atoms with Gasteiger partial charge in [0.15, 0.2) is 0 Å². The molecule has 2 aliphatic rings. The highest BCUT2D eigenvalue weighted by Gasteiger charge is 2.29. The molecule has 1 N–H and O–H groups in total. The Morgan fingerprint density at radius 1 is 0.944 bits per heavy atom. The molecule has 1 saturated carbocycles. The molecule has 5 nitrogen and oxygen atoms in total. The van der Waals surface area contributed by atoms with Crippen LogP contribution >= 0.6 is 0 Å². The maximum absolute atomic E-state index is 12.3. The topological polar surface area (TPSA) is 60.9 Å². The van der Waals surface area contributed by atoms with Crippen LogP contribution in [0.3, 0.4) is 0 Å². The molecular weight excluding hydrogens is 232 g/mol. The number of amides is 2. The monoisotopic (exact) mass is 254 g/mol. The molecule has 0 atom stereocenters. The number of carbonyl (C=O) groups is 2. The van der Waals surface area contributed by atoms with Crippen molar-refractivity contribution < 1.29 is 14.7 Å². The Balaban J connectivity index is 1.81. The minimum Gasteiger partial charge on any atom is -0.387 e. The lowest BCUT2D eigenvalue weighted by Gasteiger charge is -2.37. The standard InChI is InChI=1S/C13H22N2O3/c16-10-12(17)14-6-8-15(9-7-14)13(18)11-4-2-1-3-5-11/h11,16H,1-10H2. The molecule has 1 heterocycles. The van der Waals surface area contributed by atoms with E-state index in [1.807, 2.05) is 4.90 Å². The van der Waals surface area contributed by atoms with Crippen LogP contribution in [-0.4, -0.2) is 59.5 Å². The summed E-state index contributed by atoms with van der Waals surface area (Å²) in [6, 6.07) is 0. The maximum atomic E-state index is 12.3. The van der Waals surface area contributed by atoms with Crippen molar-refractivity contribution in [3.8, 4) is 0 Å². The summed E-state index contributed by atoms with van der Waals surface area (Å²) in [4.78, 5) is 27.1. The van der Waals surface area contributed by atoms with Gasteiger partial charge in [-0.15, -0.1) is 0 Å². The van der Waals surface area contributed by atoms with Crippen molar-refractivity contribution in [2.24, 2.45) is 5.92 Å². The Bertz CT molecular complexity index is 305. The zero-order valence-corrected chi connectivity index (χ0v) is 10.8. The quantitative estimate of drug-likeness (QED) is 0.767. The van der Waals surface area contributed by atoms with E-state index in [1.54, 1.807) is 4.90 Å². The minimum atomic E-state index is -0.434. The van der Waals surface area contributed by atoms with Gasteiger partial charge in [0.1, 0.15) is 6.61 Å². The molecule has 5 heteroatoms. The molecule has 0 aromatic heterocycles.